The van der Waals surface area contributed by atoms with Crippen LogP contribution in [-0.4, -0.2) is 26.2 Å². The summed E-state index contributed by atoms with van der Waals surface area (Å²) in [6, 6.07) is 0. The van der Waals surface area contributed by atoms with E-state index in [1.54, 1.807) is 38.5 Å². The molecule has 5 saturated carbocycles. The number of nitrogens with one attached hydrogen (secondary N) is 2. The highest BCUT2D eigenvalue weighted by atomic mass is 14.9. The molecule has 0 heterocycles. The maximum absolute atomic E-state index is 3.88. The summed E-state index contributed by atoms with van der Waals surface area (Å²) in [6.07, 6.45) is 18.3. The lowest BCUT2D eigenvalue weighted by molar-refractivity contribution is 0.242. The molecular weight excluding hydrogens is 316 g/mol. The van der Waals surface area contributed by atoms with Crippen molar-refractivity contribution in [3.05, 3.63) is 0 Å². The third kappa shape index (κ3) is 4.02. The Morgan fingerprint density at radius 1 is 0.462 bits per heavy atom. The second-order valence-electron chi connectivity index (χ2n) is 11.1. The van der Waals surface area contributed by atoms with E-state index in [1.165, 1.54) is 64.7 Å². The first-order valence-electron chi connectivity index (χ1n) is 12.2. The third-order valence-corrected chi connectivity index (χ3v) is 9.41. The van der Waals surface area contributed by atoms with Crippen LogP contribution < -0.4 is 10.6 Å². The molecule has 0 spiro atoms. The lowest BCUT2D eigenvalue weighted by Gasteiger charge is -2.30. The molecule has 5 aliphatic carbocycles. The summed E-state index contributed by atoms with van der Waals surface area (Å²) in [5, 5.41) is 7.75. The molecule has 0 amide bonds. The van der Waals surface area contributed by atoms with Crippen LogP contribution in [0.3, 0.4) is 0 Å². The molecule has 148 valence electrons. The Bertz CT molecular complexity index is 413. The van der Waals surface area contributed by atoms with Crippen LogP contribution in [0.4, 0.5) is 0 Å². The first-order chi connectivity index (χ1) is 12.8. The van der Waals surface area contributed by atoms with Gasteiger partial charge in [0, 0.05) is 0 Å². The highest BCUT2D eigenvalue weighted by molar-refractivity contribution is 4.92. The summed E-state index contributed by atoms with van der Waals surface area (Å²) in [4.78, 5) is 0. The van der Waals surface area contributed by atoms with Gasteiger partial charge in [0.1, 0.15) is 0 Å². The molecule has 0 aromatic rings. The van der Waals surface area contributed by atoms with Crippen molar-refractivity contribution in [2.24, 2.45) is 47.3 Å². The summed E-state index contributed by atoms with van der Waals surface area (Å²) < 4.78 is 0. The standard InChI is InChI=1S/C24H42N2/c1-2-18(14-26-16-24-12-20-6-8-22(24)10-20)4-3-17(1)13-25-15-23-11-19-5-7-21(23)9-19/h17-26H,1-16H2. The van der Waals surface area contributed by atoms with Gasteiger partial charge in [0.2, 0.25) is 0 Å². The summed E-state index contributed by atoms with van der Waals surface area (Å²) >= 11 is 0. The molecule has 6 unspecified atom stereocenters. The summed E-state index contributed by atoms with van der Waals surface area (Å²) in [7, 11) is 0. The van der Waals surface area contributed by atoms with Gasteiger partial charge in [-0.3, -0.25) is 0 Å². The zero-order valence-corrected chi connectivity index (χ0v) is 16.9. The van der Waals surface area contributed by atoms with Crippen LogP contribution in [0.15, 0.2) is 0 Å². The highest BCUT2D eigenvalue weighted by Gasteiger charge is 2.40. The maximum Gasteiger partial charge on any atom is -0.00176 e. The first kappa shape index (κ1) is 18.0. The summed E-state index contributed by atoms with van der Waals surface area (Å²) in [5.41, 5.74) is 0. The van der Waals surface area contributed by atoms with Crippen molar-refractivity contribution >= 4 is 0 Å². The van der Waals surface area contributed by atoms with Crippen molar-refractivity contribution < 1.29 is 0 Å². The molecule has 26 heavy (non-hydrogen) atoms. The van der Waals surface area contributed by atoms with Crippen LogP contribution in [0.5, 0.6) is 0 Å². The van der Waals surface area contributed by atoms with Gasteiger partial charge in [0.25, 0.3) is 0 Å². The predicted octanol–water partition coefficient (Wildman–Crippen LogP) is 4.84. The minimum absolute atomic E-state index is 0.968. The Labute approximate surface area is 161 Å². The zero-order chi connectivity index (χ0) is 17.3. The molecule has 6 atom stereocenters. The molecule has 5 aliphatic rings. The topological polar surface area (TPSA) is 24.1 Å². The van der Waals surface area contributed by atoms with Crippen LogP contribution in [0, 0.1) is 47.3 Å². The molecule has 5 rings (SSSR count). The second kappa shape index (κ2) is 8.11. The fourth-order valence-corrected chi connectivity index (χ4v) is 7.84. The summed E-state index contributed by atoms with van der Waals surface area (Å²) in [6.45, 7) is 5.26. The normalized spacial score (nSPS) is 47.1. The van der Waals surface area contributed by atoms with Gasteiger partial charge in [-0.15, -0.1) is 0 Å². The summed E-state index contributed by atoms with van der Waals surface area (Å²) in [5.74, 6) is 8.38. The number of fused-ring (bicyclic) bond motifs is 4. The average Bonchev–Trinajstić information content (AvgIpc) is 3.45. The van der Waals surface area contributed by atoms with Crippen molar-refractivity contribution in [3.63, 3.8) is 0 Å². The van der Waals surface area contributed by atoms with Gasteiger partial charge >= 0.3 is 0 Å². The zero-order valence-electron chi connectivity index (χ0n) is 16.9. The van der Waals surface area contributed by atoms with Gasteiger partial charge in [-0.2, -0.15) is 0 Å². The lowest BCUT2D eigenvalue weighted by Crippen LogP contribution is -2.35. The molecule has 4 bridgehead atoms. The van der Waals surface area contributed by atoms with E-state index in [4.69, 9.17) is 0 Å². The smallest absolute Gasteiger partial charge is 0.00176 e. The van der Waals surface area contributed by atoms with E-state index in [-0.39, 0.29) is 0 Å². The van der Waals surface area contributed by atoms with E-state index in [1.807, 2.05) is 0 Å². The predicted molar refractivity (Wildman–Crippen MR) is 109 cm³/mol. The van der Waals surface area contributed by atoms with Crippen LogP contribution in [0.2, 0.25) is 0 Å². The van der Waals surface area contributed by atoms with Gasteiger partial charge in [-0.1, -0.05) is 12.8 Å². The van der Waals surface area contributed by atoms with E-state index in [0.29, 0.717) is 0 Å². The average molecular weight is 359 g/mol. The van der Waals surface area contributed by atoms with E-state index in [2.05, 4.69) is 10.6 Å². The molecular formula is C24H42N2. The molecule has 0 radical (unpaired) electrons. The van der Waals surface area contributed by atoms with Crippen molar-refractivity contribution in [3.8, 4) is 0 Å². The van der Waals surface area contributed by atoms with E-state index in [0.717, 1.165) is 47.3 Å². The van der Waals surface area contributed by atoms with E-state index in [9.17, 15) is 0 Å². The SMILES string of the molecule is C1CC(CNCC2CC3CCC2C3)CCC1CNCC1CC2CCC1C2. The maximum atomic E-state index is 3.88. The Kier molecular flexibility index (Phi) is 5.61. The largest absolute Gasteiger partial charge is 0.316 e. The molecule has 2 heteroatoms. The van der Waals surface area contributed by atoms with Gasteiger partial charge < -0.3 is 10.6 Å². The van der Waals surface area contributed by atoms with Crippen LogP contribution in [0.1, 0.15) is 77.0 Å². The van der Waals surface area contributed by atoms with Gasteiger partial charge in [0.05, 0.1) is 0 Å². The monoisotopic (exact) mass is 358 g/mol. The fraction of sp³-hybridized carbons (Fsp3) is 1.00. The molecule has 0 aliphatic heterocycles. The fourth-order valence-electron chi connectivity index (χ4n) is 7.84. The van der Waals surface area contributed by atoms with E-state index >= 15 is 0 Å². The van der Waals surface area contributed by atoms with Crippen molar-refractivity contribution in [2.45, 2.75) is 77.0 Å². The molecule has 0 aromatic carbocycles. The first-order valence-corrected chi connectivity index (χ1v) is 12.2. The number of rotatable bonds is 8. The van der Waals surface area contributed by atoms with Crippen molar-refractivity contribution in [1.82, 2.24) is 10.6 Å². The minimum Gasteiger partial charge on any atom is -0.316 e. The van der Waals surface area contributed by atoms with Crippen molar-refractivity contribution in [2.75, 3.05) is 26.2 Å². The van der Waals surface area contributed by atoms with Gasteiger partial charge in [-0.05, 0) is 138 Å². The molecule has 2 N–H and O–H groups in total. The van der Waals surface area contributed by atoms with E-state index < -0.39 is 0 Å². The highest BCUT2D eigenvalue weighted by Crippen LogP contribution is 2.48. The Morgan fingerprint density at radius 2 is 0.923 bits per heavy atom. The molecule has 0 saturated heterocycles. The lowest BCUT2D eigenvalue weighted by atomic mass is 9.81. The molecule has 0 aromatic heterocycles. The van der Waals surface area contributed by atoms with Gasteiger partial charge in [-0.25, -0.2) is 0 Å². The van der Waals surface area contributed by atoms with Crippen LogP contribution >= 0.6 is 0 Å². The minimum atomic E-state index is 0.968. The third-order valence-electron chi connectivity index (χ3n) is 9.41. The van der Waals surface area contributed by atoms with Gasteiger partial charge in [0.15, 0.2) is 0 Å². The Hall–Kier alpha value is -0.0800. The second-order valence-corrected chi connectivity index (χ2v) is 11.1. The van der Waals surface area contributed by atoms with Crippen LogP contribution in [0.25, 0.3) is 0 Å². The quantitative estimate of drug-likeness (QED) is 0.648. The van der Waals surface area contributed by atoms with Crippen molar-refractivity contribution in [1.29, 1.82) is 0 Å². The Morgan fingerprint density at radius 3 is 1.27 bits per heavy atom. The molecule has 2 nitrogen and oxygen atoms in total. The Balaban J connectivity index is 0.926. The van der Waals surface area contributed by atoms with Crippen LogP contribution in [-0.2, 0) is 0 Å². The number of hydrogen-bond donors (Lipinski definition) is 2. The number of hydrogen-bond acceptors (Lipinski definition) is 2. The molecule has 5 fully saturated rings.